The van der Waals surface area contributed by atoms with Gasteiger partial charge in [-0.1, -0.05) is 6.07 Å². The summed E-state index contributed by atoms with van der Waals surface area (Å²) in [5, 5.41) is 0. The lowest BCUT2D eigenvalue weighted by Gasteiger charge is -2.13. The second kappa shape index (κ2) is 5.75. The van der Waals surface area contributed by atoms with E-state index in [-0.39, 0.29) is 5.82 Å². The third kappa shape index (κ3) is 3.58. The summed E-state index contributed by atoms with van der Waals surface area (Å²) >= 11 is 3.08. The van der Waals surface area contributed by atoms with Gasteiger partial charge >= 0.3 is 0 Å². The van der Waals surface area contributed by atoms with Crippen molar-refractivity contribution in [3.05, 3.63) is 69.4 Å². The zero-order chi connectivity index (χ0) is 14.0. The third-order valence-electron chi connectivity index (χ3n) is 2.75. The number of nitrogens with two attached hydrogens (primary N) is 1. The van der Waals surface area contributed by atoms with Crippen molar-refractivity contribution in [1.82, 2.24) is 0 Å². The van der Waals surface area contributed by atoms with E-state index >= 15 is 0 Å². The lowest BCUT2D eigenvalue weighted by Crippen LogP contribution is -2.14. The molecule has 0 spiro atoms. The highest BCUT2D eigenvalue weighted by atomic mass is 79.9. The zero-order valence-electron chi connectivity index (χ0n) is 9.84. The van der Waals surface area contributed by atoms with Crippen molar-refractivity contribution >= 4 is 15.9 Å². The average Bonchev–Trinajstić information content (AvgIpc) is 2.32. The molecule has 1 unspecified atom stereocenters. The van der Waals surface area contributed by atoms with Crippen LogP contribution in [0.3, 0.4) is 0 Å². The fourth-order valence-corrected chi connectivity index (χ4v) is 2.25. The summed E-state index contributed by atoms with van der Waals surface area (Å²) in [6, 6.07) is 7.16. The summed E-state index contributed by atoms with van der Waals surface area (Å²) in [6.07, 6.45) is 0.363. The van der Waals surface area contributed by atoms with Crippen LogP contribution in [0, 0.1) is 17.5 Å². The highest BCUT2D eigenvalue weighted by Crippen LogP contribution is 2.22. The molecule has 0 bridgehead atoms. The summed E-state index contributed by atoms with van der Waals surface area (Å²) in [7, 11) is 0. The van der Waals surface area contributed by atoms with Crippen molar-refractivity contribution in [2.24, 2.45) is 5.73 Å². The van der Waals surface area contributed by atoms with Crippen molar-refractivity contribution in [2.75, 3.05) is 0 Å². The van der Waals surface area contributed by atoms with E-state index in [2.05, 4.69) is 15.9 Å². The van der Waals surface area contributed by atoms with Gasteiger partial charge in [0.2, 0.25) is 0 Å². The van der Waals surface area contributed by atoms with Crippen molar-refractivity contribution in [3.8, 4) is 0 Å². The maximum absolute atomic E-state index is 13.1. The molecule has 5 heteroatoms. The van der Waals surface area contributed by atoms with Gasteiger partial charge in [-0.2, -0.15) is 0 Å². The maximum atomic E-state index is 13.1. The number of hydrogen-bond donors (Lipinski definition) is 1. The molecule has 1 atom stereocenters. The first kappa shape index (κ1) is 14.1. The summed E-state index contributed by atoms with van der Waals surface area (Å²) in [5.41, 5.74) is 7.07. The molecule has 100 valence electrons. The molecule has 0 radical (unpaired) electrons. The minimum Gasteiger partial charge on any atom is -0.324 e. The fraction of sp³-hybridized carbons (Fsp3) is 0.143. The van der Waals surface area contributed by atoms with Gasteiger partial charge in [-0.15, -0.1) is 0 Å². The van der Waals surface area contributed by atoms with Crippen molar-refractivity contribution in [1.29, 1.82) is 0 Å². The van der Waals surface area contributed by atoms with E-state index in [9.17, 15) is 13.2 Å². The van der Waals surface area contributed by atoms with Gasteiger partial charge in [-0.25, -0.2) is 13.2 Å². The van der Waals surface area contributed by atoms with Crippen LogP contribution in [0.2, 0.25) is 0 Å². The molecule has 0 aliphatic heterocycles. The Morgan fingerprint density at radius 1 is 1.00 bits per heavy atom. The lowest BCUT2D eigenvalue weighted by atomic mass is 9.99. The summed E-state index contributed by atoms with van der Waals surface area (Å²) < 4.78 is 39.6. The van der Waals surface area contributed by atoms with E-state index in [1.807, 2.05) is 0 Å². The number of benzene rings is 2. The van der Waals surface area contributed by atoms with Gasteiger partial charge in [0.05, 0.1) is 4.47 Å². The zero-order valence-corrected chi connectivity index (χ0v) is 11.4. The minimum atomic E-state index is -0.661. The normalized spacial score (nSPS) is 12.5. The van der Waals surface area contributed by atoms with Crippen molar-refractivity contribution in [3.63, 3.8) is 0 Å². The van der Waals surface area contributed by atoms with Crippen LogP contribution in [0.15, 0.2) is 40.9 Å². The van der Waals surface area contributed by atoms with Crippen LogP contribution in [0.25, 0.3) is 0 Å². The van der Waals surface area contributed by atoms with Crippen LogP contribution in [-0.2, 0) is 6.42 Å². The summed E-state index contributed by atoms with van der Waals surface area (Å²) in [4.78, 5) is 0. The molecule has 0 aliphatic rings. The molecule has 1 nitrogen and oxygen atoms in total. The van der Waals surface area contributed by atoms with Crippen LogP contribution in [0.5, 0.6) is 0 Å². The Hall–Kier alpha value is -1.33. The highest BCUT2D eigenvalue weighted by Gasteiger charge is 2.11. The maximum Gasteiger partial charge on any atom is 0.137 e. The number of rotatable bonds is 3. The molecule has 0 aliphatic carbocycles. The molecule has 2 rings (SSSR count). The van der Waals surface area contributed by atoms with E-state index < -0.39 is 17.7 Å². The smallest absolute Gasteiger partial charge is 0.137 e. The van der Waals surface area contributed by atoms with Gasteiger partial charge in [0, 0.05) is 12.1 Å². The van der Waals surface area contributed by atoms with Gasteiger partial charge in [0.1, 0.15) is 17.5 Å². The molecule has 2 aromatic carbocycles. The first-order chi connectivity index (χ1) is 8.95. The molecule has 2 aromatic rings. The second-order valence-corrected chi connectivity index (χ2v) is 5.12. The molecular weight excluding hydrogens is 319 g/mol. The quantitative estimate of drug-likeness (QED) is 0.901. The summed E-state index contributed by atoms with van der Waals surface area (Å²) in [5.74, 6) is -1.69. The highest BCUT2D eigenvalue weighted by molar-refractivity contribution is 9.10. The van der Waals surface area contributed by atoms with Crippen LogP contribution in [0.4, 0.5) is 13.2 Å². The van der Waals surface area contributed by atoms with Gasteiger partial charge in [-0.3, -0.25) is 0 Å². The largest absolute Gasteiger partial charge is 0.324 e. The Morgan fingerprint density at radius 3 is 2.21 bits per heavy atom. The van der Waals surface area contributed by atoms with Crippen molar-refractivity contribution < 1.29 is 13.2 Å². The molecule has 2 N–H and O–H groups in total. The Kier molecular flexibility index (Phi) is 4.27. The lowest BCUT2D eigenvalue weighted by molar-refractivity contribution is 0.572. The molecule has 0 heterocycles. The topological polar surface area (TPSA) is 26.0 Å². The predicted octanol–water partition coefficient (Wildman–Crippen LogP) is 4.11. The van der Waals surface area contributed by atoms with E-state index in [1.165, 1.54) is 18.2 Å². The standard InChI is InChI=1S/C14H11BrF3N/c15-12-3-8(1-2-13(12)18)4-14(19)9-5-10(16)7-11(17)6-9/h1-3,5-7,14H,4,19H2. The van der Waals surface area contributed by atoms with Crippen LogP contribution >= 0.6 is 15.9 Å². The van der Waals surface area contributed by atoms with Crippen LogP contribution in [0.1, 0.15) is 17.2 Å². The minimum absolute atomic E-state index is 0.336. The molecule has 0 amide bonds. The molecule has 19 heavy (non-hydrogen) atoms. The molecule has 0 saturated carbocycles. The first-order valence-electron chi connectivity index (χ1n) is 5.61. The van der Waals surface area contributed by atoms with Crippen molar-refractivity contribution in [2.45, 2.75) is 12.5 Å². The number of halogens is 4. The predicted molar refractivity (Wildman–Crippen MR) is 71.1 cm³/mol. The molecular formula is C14H11BrF3N. The van der Waals surface area contributed by atoms with E-state index in [1.54, 1.807) is 12.1 Å². The Bertz CT molecular complexity index is 581. The van der Waals surface area contributed by atoms with Crippen LogP contribution in [-0.4, -0.2) is 0 Å². The van der Waals surface area contributed by atoms with Gasteiger partial charge < -0.3 is 5.73 Å². The molecule has 0 fully saturated rings. The van der Waals surface area contributed by atoms with Gasteiger partial charge in [-0.05, 0) is 57.7 Å². The van der Waals surface area contributed by atoms with Crippen LogP contribution < -0.4 is 5.73 Å². The Balaban J connectivity index is 2.20. The SMILES string of the molecule is NC(Cc1ccc(F)c(Br)c1)c1cc(F)cc(F)c1. The number of hydrogen-bond acceptors (Lipinski definition) is 1. The monoisotopic (exact) mass is 329 g/mol. The molecule has 0 saturated heterocycles. The average molecular weight is 330 g/mol. The second-order valence-electron chi connectivity index (χ2n) is 4.26. The molecule has 0 aromatic heterocycles. The van der Waals surface area contributed by atoms with Gasteiger partial charge in [0.15, 0.2) is 0 Å². The fourth-order valence-electron chi connectivity index (χ4n) is 1.83. The Labute approximate surface area is 117 Å². The Morgan fingerprint density at radius 2 is 1.63 bits per heavy atom. The van der Waals surface area contributed by atoms with Gasteiger partial charge in [0.25, 0.3) is 0 Å². The summed E-state index contributed by atoms with van der Waals surface area (Å²) in [6.45, 7) is 0. The first-order valence-corrected chi connectivity index (χ1v) is 6.40. The van der Waals surface area contributed by atoms with E-state index in [4.69, 9.17) is 5.73 Å². The van der Waals surface area contributed by atoms with E-state index in [0.717, 1.165) is 11.6 Å². The van der Waals surface area contributed by atoms with E-state index in [0.29, 0.717) is 16.5 Å². The third-order valence-corrected chi connectivity index (χ3v) is 3.36.